The molecule has 1 aliphatic heterocycles. The van der Waals surface area contributed by atoms with Crippen LogP contribution in [-0.2, 0) is 15.9 Å². The van der Waals surface area contributed by atoms with E-state index < -0.39 is 10.0 Å². The maximum Gasteiger partial charge on any atom is 0.252 e. The van der Waals surface area contributed by atoms with Gasteiger partial charge in [-0.15, -0.1) is 22.9 Å². The number of sulfonamides is 1. The third-order valence-electron chi connectivity index (χ3n) is 4.05. The second kappa shape index (κ2) is 5.57. The highest BCUT2D eigenvalue weighted by molar-refractivity contribution is 7.91. The first-order valence-corrected chi connectivity index (χ1v) is 9.71. The number of thiophene rings is 1. The molecule has 0 bridgehead atoms. The number of alkyl halides is 1. The summed E-state index contributed by atoms with van der Waals surface area (Å²) in [6.45, 7) is 4.84. The fourth-order valence-corrected chi connectivity index (χ4v) is 6.02. The van der Waals surface area contributed by atoms with Crippen molar-refractivity contribution in [3.8, 4) is 0 Å². The minimum atomic E-state index is -3.34. The number of hydrogen-bond acceptors (Lipinski definition) is 4. The summed E-state index contributed by atoms with van der Waals surface area (Å²) < 4.78 is 27.3. The first-order chi connectivity index (χ1) is 9.52. The third-order valence-corrected chi connectivity index (χ3v) is 8.06. The molecule has 2 heterocycles. The summed E-state index contributed by atoms with van der Waals surface area (Å²) in [6.07, 6.45) is 2.55. The SMILES string of the molecule is Cc1cc(S(=O)(=O)N2CCN(C3CC3)CC2)sc1CCl. The second-order valence-corrected chi connectivity index (χ2v) is 9.05. The van der Waals surface area contributed by atoms with Gasteiger partial charge in [-0.2, -0.15) is 4.31 Å². The van der Waals surface area contributed by atoms with Crippen LogP contribution in [0.15, 0.2) is 10.3 Å². The summed E-state index contributed by atoms with van der Waals surface area (Å²) >= 11 is 7.14. The van der Waals surface area contributed by atoms with Gasteiger partial charge in [-0.1, -0.05) is 0 Å². The Morgan fingerprint density at radius 2 is 1.95 bits per heavy atom. The first-order valence-electron chi connectivity index (χ1n) is 6.92. The number of rotatable bonds is 4. The van der Waals surface area contributed by atoms with E-state index in [1.165, 1.54) is 24.2 Å². The molecule has 20 heavy (non-hydrogen) atoms. The van der Waals surface area contributed by atoms with Crippen LogP contribution in [0.4, 0.5) is 0 Å². The second-order valence-electron chi connectivity index (χ2n) is 5.48. The molecule has 1 aliphatic carbocycles. The summed E-state index contributed by atoms with van der Waals surface area (Å²) in [4.78, 5) is 3.36. The van der Waals surface area contributed by atoms with Gasteiger partial charge in [0, 0.05) is 37.1 Å². The van der Waals surface area contributed by atoms with Crippen LogP contribution in [0.5, 0.6) is 0 Å². The molecule has 112 valence electrons. The molecule has 1 aromatic rings. The fraction of sp³-hybridized carbons (Fsp3) is 0.692. The summed E-state index contributed by atoms with van der Waals surface area (Å²) in [6, 6.07) is 2.47. The van der Waals surface area contributed by atoms with Crippen LogP contribution in [0.2, 0.25) is 0 Å². The van der Waals surface area contributed by atoms with E-state index in [2.05, 4.69) is 4.90 Å². The van der Waals surface area contributed by atoms with Crippen LogP contribution in [0.3, 0.4) is 0 Å². The Kier molecular flexibility index (Phi) is 4.12. The van der Waals surface area contributed by atoms with E-state index in [4.69, 9.17) is 11.6 Å². The summed E-state index contributed by atoms with van der Waals surface area (Å²) in [5.41, 5.74) is 0.972. The molecular weight excluding hydrogens is 316 g/mol. The average Bonchev–Trinajstić information content (AvgIpc) is 3.22. The molecule has 0 N–H and O–H groups in total. The highest BCUT2D eigenvalue weighted by atomic mass is 35.5. The molecule has 0 spiro atoms. The molecule has 0 radical (unpaired) electrons. The molecule has 2 aliphatic rings. The Morgan fingerprint density at radius 3 is 2.45 bits per heavy atom. The van der Waals surface area contributed by atoms with Crippen molar-refractivity contribution in [2.24, 2.45) is 0 Å². The number of hydrogen-bond donors (Lipinski definition) is 0. The van der Waals surface area contributed by atoms with E-state index in [1.807, 2.05) is 6.92 Å². The average molecular weight is 335 g/mol. The Labute approximate surface area is 129 Å². The van der Waals surface area contributed by atoms with E-state index in [-0.39, 0.29) is 0 Å². The largest absolute Gasteiger partial charge is 0.298 e. The smallest absolute Gasteiger partial charge is 0.252 e. The van der Waals surface area contributed by atoms with Crippen molar-refractivity contribution in [1.82, 2.24) is 9.21 Å². The number of piperazine rings is 1. The molecule has 4 nitrogen and oxygen atoms in total. The van der Waals surface area contributed by atoms with Gasteiger partial charge in [-0.3, -0.25) is 4.90 Å². The monoisotopic (exact) mass is 334 g/mol. The van der Waals surface area contributed by atoms with Gasteiger partial charge in [0.15, 0.2) is 0 Å². The van der Waals surface area contributed by atoms with E-state index in [1.54, 1.807) is 10.4 Å². The molecule has 7 heteroatoms. The fourth-order valence-electron chi connectivity index (χ4n) is 2.62. The first kappa shape index (κ1) is 14.8. The van der Waals surface area contributed by atoms with Crippen LogP contribution in [0.25, 0.3) is 0 Å². The molecular formula is C13H19ClN2O2S2. The van der Waals surface area contributed by atoms with Gasteiger partial charge in [-0.05, 0) is 31.4 Å². The zero-order chi connectivity index (χ0) is 14.3. The lowest BCUT2D eigenvalue weighted by Crippen LogP contribution is -2.49. The predicted octanol–water partition coefficient (Wildman–Crippen LogP) is 2.26. The van der Waals surface area contributed by atoms with E-state index in [9.17, 15) is 8.42 Å². The molecule has 0 amide bonds. The van der Waals surface area contributed by atoms with Crippen LogP contribution >= 0.6 is 22.9 Å². The highest BCUT2D eigenvalue weighted by Crippen LogP contribution is 2.32. The quantitative estimate of drug-likeness (QED) is 0.793. The molecule has 3 rings (SSSR count). The van der Waals surface area contributed by atoms with Crippen molar-refractivity contribution < 1.29 is 8.42 Å². The van der Waals surface area contributed by atoms with E-state index in [0.717, 1.165) is 23.5 Å². The van der Waals surface area contributed by atoms with Gasteiger partial charge < -0.3 is 0 Å². The van der Waals surface area contributed by atoms with Crippen LogP contribution in [-0.4, -0.2) is 49.8 Å². The topological polar surface area (TPSA) is 40.6 Å². The third kappa shape index (κ3) is 2.76. The zero-order valence-electron chi connectivity index (χ0n) is 11.5. The van der Waals surface area contributed by atoms with E-state index in [0.29, 0.717) is 29.2 Å². The number of nitrogens with zero attached hydrogens (tertiary/aromatic N) is 2. The van der Waals surface area contributed by atoms with Crippen LogP contribution < -0.4 is 0 Å². The van der Waals surface area contributed by atoms with Gasteiger partial charge in [0.2, 0.25) is 0 Å². The van der Waals surface area contributed by atoms with Crippen molar-refractivity contribution in [2.45, 2.75) is 35.9 Å². The van der Waals surface area contributed by atoms with Crippen molar-refractivity contribution >= 4 is 33.0 Å². The lowest BCUT2D eigenvalue weighted by molar-refractivity contribution is 0.181. The lowest BCUT2D eigenvalue weighted by atomic mass is 10.3. The minimum Gasteiger partial charge on any atom is -0.298 e. The molecule has 1 saturated heterocycles. The molecule has 2 fully saturated rings. The van der Waals surface area contributed by atoms with Crippen molar-refractivity contribution in [2.75, 3.05) is 26.2 Å². The maximum absolute atomic E-state index is 12.6. The van der Waals surface area contributed by atoms with Gasteiger partial charge in [-0.25, -0.2) is 8.42 Å². The summed E-state index contributed by atoms with van der Waals surface area (Å²) in [5.74, 6) is 0.376. The molecule has 0 unspecified atom stereocenters. The number of halogens is 1. The molecule has 1 saturated carbocycles. The van der Waals surface area contributed by atoms with E-state index >= 15 is 0 Å². The summed E-state index contributed by atoms with van der Waals surface area (Å²) in [7, 11) is -3.34. The normalized spacial score (nSPS) is 22.3. The van der Waals surface area contributed by atoms with Gasteiger partial charge >= 0.3 is 0 Å². The van der Waals surface area contributed by atoms with Crippen LogP contribution in [0.1, 0.15) is 23.3 Å². The predicted molar refractivity (Wildman–Crippen MR) is 82.0 cm³/mol. The van der Waals surface area contributed by atoms with Gasteiger partial charge in [0.05, 0.1) is 5.88 Å². The summed E-state index contributed by atoms with van der Waals surface area (Å²) in [5, 5.41) is 0. The molecule has 0 aromatic carbocycles. The Balaban J connectivity index is 1.74. The Bertz CT molecular complexity index is 588. The molecule has 0 atom stereocenters. The van der Waals surface area contributed by atoms with Crippen molar-refractivity contribution in [3.05, 3.63) is 16.5 Å². The van der Waals surface area contributed by atoms with Crippen molar-refractivity contribution in [3.63, 3.8) is 0 Å². The lowest BCUT2D eigenvalue weighted by Gasteiger charge is -2.33. The maximum atomic E-state index is 12.6. The van der Waals surface area contributed by atoms with Gasteiger partial charge in [0.1, 0.15) is 4.21 Å². The minimum absolute atomic E-state index is 0.376. The number of aryl methyl sites for hydroxylation is 1. The Morgan fingerprint density at radius 1 is 1.30 bits per heavy atom. The van der Waals surface area contributed by atoms with Gasteiger partial charge in [0.25, 0.3) is 10.0 Å². The Hall–Kier alpha value is -0.140. The van der Waals surface area contributed by atoms with Crippen molar-refractivity contribution in [1.29, 1.82) is 0 Å². The highest BCUT2D eigenvalue weighted by Gasteiger charge is 2.35. The zero-order valence-corrected chi connectivity index (χ0v) is 13.9. The molecule has 1 aromatic heterocycles. The van der Waals surface area contributed by atoms with Crippen LogP contribution in [0, 0.1) is 6.92 Å². The standard InChI is InChI=1S/C13H19ClN2O2S2/c1-10-8-13(19-12(10)9-14)20(17,18)16-6-4-15(5-7-16)11-2-3-11/h8,11H,2-7,9H2,1H3.